The standard InChI is InChI=1S/C28H32FNO2/c1-4-6-7-10-21-13-18-26(30-20-21)25-12-9-8-11-24(25)22-14-16-23(17-15-22)32-27(31)28(3,29)19-5-2/h8-9,11-18,20H,4-7,10,19H2,1-3H3. The van der Waals surface area contributed by atoms with Crippen LogP contribution in [0.3, 0.4) is 0 Å². The molecule has 0 spiro atoms. The van der Waals surface area contributed by atoms with Gasteiger partial charge < -0.3 is 4.74 Å². The number of rotatable bonds is 10. The molecule has 1 heterocycles. The second-order valence-corrected chi connectivity index (χ2v) is 8.42. The lowest BCUT2D eigenvalue weighted by atomic mass is 9.97. The van der Waals surface area contributed by atoms with Gasteiger partial charge in [0.1, 0.15) is 5.75 Å². The zero-order valence-electron chi connectivity index (χ0n) is 19.2. The third kappa shape index (κ3) is 6.03. The predicted molar refractivity (Wildman–Crippen MR) is 128 cm³/mol. The number of hydrogen-bond donors (Lipinski definition) is 0. The van der Waals surface area contributed by atoms with Gasteiger partial charge in [-0.2, -0.15) is 0 Å². The Morgan fingerprint density at radius 3 is 2.28 bits per heavy atom. The van der Waals surface area contributed by atoms with E-state index >= 15 is 0 Å². The molecule has 168 valence electrons. The maximum Gasteiger partial charge on any atom is 0.348 e. The maximum atomic E-state index is 14.4. The van der Waals surface area contributed by atoms with Crippen LogP contribution in [0.4, 0.5) is 4.39 Å². The highest BCUT2D eigenvalue weighted by Crippen LogP contribution is 2.32. The molecule has 0 saturated carbocycles. The van der Waals surface area contributed by atoms with Crippen LogP contribution in [0.15, 0.2) is 66.9 Å². The Hall–Kier alpha value is -3.01. The molecule has 32 heavy (non-hydrogen) atoms. The van der Waals surface area contributed by atoms with E-state index in [0.29, 0.717) is 12.2 Å². The Morgan fingerprint density at radius 1 is 0.938 bits per heavy atom. The van der Waals surface area contributed by atoms with Gasteiger partial charge in [-0.3, -0.25) is 4.98 Å². The van der Waals surface area contributed by atoms with Gasteiger partial charge in [0.2, 0.25) is 5.67 Å². The van der Waals surface area contributed by atoms with Gasteiger partial charge >= 0.3 is 5.97 Å². The van der Waals surface area contributed by atoms with Crippen molar-refractivity contribution >= 4 is 5.97 Å². The number of nitrogens with zero attached hydrogens (tertiary/aromatic N) is 1. The van der Waals surface area contributed by atoms with Crippen molar-refractivity contribution in [3.63, 3.8) is 0 Å². The average Bonchev–Trinajstić information content (AvgIpc) is 2.80. The zero-order valence-corrected chi connectivity index (χ0v) is 19.2. The molecule has 0 bridgehead atoms. The van der Waals surface area contributed by atoms with Crippen LogP contribution < -0.4 is 4.74 Å². The first kappa shape index (κ1) is 23.6. The van der Waals surface area contributed by atoms with Crippen LogP contribution in [0.2, 0.25) is 0 Å². The molecular formula is C28H32FNO2. The van der Waals surface area contributed by atoms with Gasteiger partial charge in [0.15, 0.2) is 0 Å². The fourth-order valence-electron chi connectivity index (χ4n) is 3.76. The quantitative estimate of drug-likeness (QED) is 0.188. The highest BCUT2D eigenvalue weighted by molar-refractivity contribution is 5.83. The van der Waals surface area contributed by atoms with Crippen LogP contribution in [0.5, 0.6) is 5.75 Å². The minimum absolute atomic E-state index is 0.141. The summed E-state index contributed by atoms with van der Waals surface area (Å²) >= 11 is 0. The van der Waals surface area contributed by atoms with Crippen molar-refractivity contribution in [2.24, 2.45) is 0 Å². The molecule has 0 saturated heterocycles. The third-order valence-corrected chi connectivity index (χ3v) is 5.62. The monoisotopic (exact) mass is 433 g/mol. The van der Waals surface area contributed by atoms with Gasteiger partial charge in [0.05, 0.1) is 5.69 Å². The van der Waals surface area contributed by atoms with E-state index in [2.05, 4.69) is 25.1 Å². The Bertz CT molecular complexity index is 1010. The van der Waals surface area contributed by atoms with Gasteiger partial charge in [-0.1, -0.05) is 75.6 Å². The van der Waals surface area contributed by atoms with Crippen LogP contribution in [-0.4, -0.2) is 16.6 Å². The molecule has 3 aromatic rings. The van der Waals surface area contributed by atoms with E-state index in [1.807, 2.05) is 43.5 Å². The number of unbranched alkanes of at least 4 members (excludes halogenated alkanes) is 2. The number of benzene rings is 2. The summed E-state index contributed by atoms with van der Waals surface area (Å²) in [6.45, 7) is 5.32. The van der Waals surface area contributed by atoms with Crippen LogP contribution >= 0.6 is 0 Å². The van der Waals surface area contributed by atoms with E-state index in [4.69, 9.17) is 9.72 Å². The summed E-state index contributed by atoms with van der Waals surface area (Å²) in [5.41, 5.74) is 3.26. The molecular weight excluding hydrogens is 401 g/mol. The highest BCUT2D eigenvalue weighted by Gasteiger charge is 2.34. The van der Waals surface area contributed by atoms with Crippen molar-refractivity contribution in [3.05, 3.63) is 72.4 Å². The molecule has 0 N–H and O–H groups in total. The molecule has 0 aliphatic rings. The largest absolute Gasteiger partial charge is 0.424 e. The highest BCUT2D eigenvalue weighted by atomic mass is 19.1. The number of halogens is 1. The lowest BCUT2D eigenvalue weighted by Gasteiger charge is -2.17. The molecule has 1 aromatic heterocycles. The number of ether oxygens (including phenoxy) is 1. The maximum absolute atomic E-state index is 14.4. The van der Waals surface area contributed by atoms with Gasteiger partial charge in [0, 0.05) is 11.8 Å². The number of pyridine rings is 1. The van der Waals surface area contributed by atoms with Crippen molar-refractivity contribution < 1.29 is 13.9 Å². The fourth-order valence-corrected chi connectivity index (χ4v) is 3.76. The molecule has 0 amide bonds. The first-order valence-electron chi connectivity index (χ1n) is 11.5. The lowest BCUT2D eigenvalue weighted by molar-refractivity contribution is -0.147. The molecule has 1 unspecified atom stereocenters. The number of esters is 1. The zero-order chi connectivity index (χ0) is 23.0. The summed E-state index contributed by atoms with van der Waals surface area (Å²) < 4.78 is 19.7. The van der Waals surface area contributed by atoms with E-state index in [1.54, 1.807) is 12.1 Å². The van der Waals surface area contributed by atoms with Gasteiger partial charge in [-0.15, -0.1) is 0 Å². The number of hydrogen-bond acceptors (Lipinski definition) is 3. The van der Waals surface area contributed by atoms with Crippen LogP contribution in [0.1, 0.15) is 58.4 Å². The summed E-state index contributed by atoms with van der Waals surface area (Å²) in [6, 6.07) is 19.5. The van der Waals surface area contributed by atoms with E-state index in [-0.39, 0.29) is 6.42 Å². The van der Waals surface area contributed by atoms with E-state index < -0.39 is 11.6 Å². The molecule has 0 radical (unpaired) electrons. The molecule has 0 aliphatic carbocycles. The number of carbonyl (C=O) groups is 1. The minimum Gasteiger partial charge on any atom is -0.424 e. The van der Waals surface area contributed by atoms with Crippen molar-refractivity contribution in [3.8, 4) is 28.1 Å². The summed E-state index contributed by atoms with van der Waals surface area (Å²) in [7, 11) is 0. The van der Waals surface area contributed by atoms with Crippen molar-refractivity contribution in [1.29, 1.82) is 0 Å². The number of aromatic nitrogens is 1. The topological polar surface area (TPSA) is 39.2 Å². The van der Waals surface area contributed by atoms with Crippen LogP contribution in [0, 0.1) is 0 Å². The van der Waals surface area contributed by atoms with Crippen molar-refractivity contribution in [2.45, 2.75) is 65.0 Å². The molecule has 3 nitrogen and oxygen atoms in total. The van der Waals surface area contributed by atoms with Crippen molar-refractivity contribution in [1.82, 2.24) is 4.98 Å². The second kappa shape index (κ2) is 11.0. The number of alkyl halides is 1. The summed E-state index contributed by atoms with van der Waals surface area (Å²) in [4.78, 5) is 16.8. The Labute approximate surface area is 190 Å². The molecule has 0 fully saturated rings. The smallest absolute Gasteiger partial charge is 0.348 e. The Balaban J connectivity index is 1.78. The van der Waals surface area contributed by atoms with Crippen LogP contribution in [0.25, 0.3) is 22.4 Å². The predicted octanol–water partition coefficient (Wildman–Crippen LogP) is 7.58. The van der Waals surface area contributed by atoms with Gasteiger partial charge in [0.25, 0.3) is 0 Å². The third-order valence-electron chi connectivity index (χ3n) is 5.62. The molecule has 0 aliphatic heterocycles. The Kier molecular flexibility index (Phi) is 8.15. The SMILES string of the molecule is CCCCCc1ccc(-c2ccccc2-c2ccc(OC(=O)C(C)(F)CCC)cc2)nc1. The number of aryl methyl sites for hydroxylation is 1. The minimum atomic E-state index is -1.98. The molecule has 1 atom stereocenters. The molecule has 3 rings (SSSR count). The molecule has 2 aromatic carbocycles. The van der Waals surface area contributed by atoms with Gasteiger partial charge in [-0.05, 0) is 61.1 Å². The summed E-state index contributed by atoms with van der Waals surface area (Å²) in [6.07, 6.45) is 7.37. The fraction of sp³-hybridized carbons (Fsp3) is 0.357. The normalized spacial score (nSPS) is 12.9. The van der Waals surface area contributed by atoms with Crippen molar-refractivity contribution in [2.75, 3.05) is 0 Å². The summed E-state index contributed by atoms with van der Waals surface area (Å²) in [5, 5.41) is 0. The first-order chi connectivity index (χ1) is 15.4. The first-order valence-corrected chi connectivity index (χ1v) is 11.5. The Morgan fingerprint density at radius 2 is 1.66 bits per heavy atom. The second-order valence-electron chi connectivity index (χ2n) is 8.42. The lowest BCUT2D eigenvalue weighted by Crippen LogP contribution is -2.34. The molecule has 4 heteroatoms. The van der Waals surface area contributed by atoms with Gasteiger partial charge in [-0.25, -0.2) is 9.18 Å². The number of carbonyl (C=O) groups excluding carboxylic acids is 1. The van der Waals surface area contributed by atoms with E-state index in [0.717, 1.165) is 28.8 Å². The summed E-state index contributed by atoms with van der Waals surface area (Å²) in [5.74, 6) is -0.513. The van der Waals surface area contributed by atoms with E-state index in [9.17, 15) is 9.18 Å². The van der Waals surface area contributed by atoms with Crippen LogP contribution in [-0.2, 0) is 11.2 Å². The average molecular weight is 434 g/mol. The van der Waals surface area contributed by atoms with E-state index in [1.165, 1.54) is 31.7 Å².